The first kappa shape index (κ1) is 22.2. The van der Waals surface area contributed by atoms with Gasteiger partial charge in [-0.25, -0.2) is 4.98 Å². The second kappa shape index (κ2) is 11.1. The molecule has 2 amide bonds. The highest BCUT2D eigenvalue weighted by atomic mass is 32.1. The van der Waals surface area contributed by atoms with Crippen molar-refractivity contribution < 1.29 is 14.3 Å². The number of para-hydroxylation sites is 2. The summed E-state index contributed by atoms with van der Waals surface area (Å²) in [6, 6.07) is 15.1. The third kappa shape index (κ3) is 6.79. The van der Waals surface area contributed by atoms with Crippen molar-refractivity contribution in [3.8, 4) is 5.75 Å². The van der Waals surface area contributed by atoms with Crippen LogP contribution in [0.5, 0.6) is 5.75 Å². The SMILES string of the molecule is CCc1ccccc1NC(=O)CNC(=O)/C=C/c1ccccc1OCc1csc(C)n1. The molecule has 0 radical (unpaired) electrons. The molecule has 1 aromatic heterocycles. The van der Waals surface area contributed by atoms with E-state index in [1.807, 2.05) is 67.8 Å². The van der Waals surface area contributed by atoms with Crippen molar-refractivity contribution in [3.63, 3.8) is 0 Å². The summed E-state index contributed by atoms with van der Waals surface area (Å²) in [6.45, 7) is 4.23. The Bertz CT molecular complexity index is 1080. The molecule has 0 spiro atoms. The monoisotopic (exact) mass is 435 g/mol. The Kier molecular flexibility index (Phi) is 7.95. The third-order valence-corrected chi connectivity index (χ3v) is 5.29. The lowest BCUT2D eigenvalue weighted by Gasteiger charge is -2.10. The number of ether oxygens (including phenoxy) is 1. The Balaban J connectivity index is 1.52. The molecule has 7 heteroatoms. The van der Waals surface area contributed by atoms with Crippen molar-refractivity contribution in [2.45, 2.75) is 26.9 Å². The van der Waals surface area contributed by atoms with Crippen molar-refractivity contribution in [2.24, 2.45) is 0 Å². The molecule has 0 saturated heterocycles. The molecule has 0 bridgehead atoms. The molecule has 31 heavy (non-hydrogen) atoms. The van der Waals surface area contributed by atoms with Crippen LogP contribution in [0.4, 0.5) is 5.69 Å². The maximum atomic E-state index is 12.2. The molecular weight excluding hydrogens is 410 g/mol. The minimum atomic E-state index is -0.358. The number of aromatic nitrogens is 1. The number of nitrogens with zero attached hydrogens (tertiary/aromatic N) is 1. The number of aryl methyl sites for hydroxylation is 2. The van der Waals surface area contributed by atoms with E-state index in [-0.39, 0.29) is 18.4 Å². The minimum absolute atomic E-state index is 0.109. The number of amides is 2. The number of hydrogen-bond donors (Lipinski definition) is 2. The highest BCUT2D eigenvalue weighted by Gasteiger charge is 2.07. The lowest BCUT2D eigenvalue weighted by molar-refractivity contribution is -0.121. The zero-order valence-electron chi connectivity index (χ0n) is 17.6. The Labute approximate surface area is 186 Å². The molecule has 0 aliphatic heterocycles. The normalized spacial score (nSPS) is 10.8. The van der Waals surface area contributed by atoms with Gasteiger partial charge in [0.05, 0.1) is 17.2 Å². The van der Waals surface area contributed by atoms with Crippen molar-refractivity contribution in [3.05, 3.63) is 81.8 Å². The molecule has 0 atom stereocenters. The van der Waals surface area contributed by atoms with Gasteiger partial charge in [-0.3, -0.25) is 9.59 Å². The fourth-order valence-corrected chi connectivity index (χ4v) is 3.51. The summed E-state index contributed by atoms with van der Waals surface area (Å²) >= 11 is 1.58. The summed E-state index contributed by atoms with van der Waals surface area (Å²) in [5.74, 6) is 0.0277. The summed E-state index contributed by atoms with van der Waals surface area (Å²) in [5, 5.41) is 8.39. The fourth-order valence-electron chi connectivity index (χ4n) is 2.91. The van der Waals surface area contributed by atoms with Crippen LogP contribution in [0.1, 0.15) is 28.8 Å². The van der Waals surface area contributed by atoms with Gasteiger partial charge < -0.3 is 15.4 Å². The first-order chi connectivity index (χ1) is 15.0. The Morgan fingerprint density at radius 3 is 2.68 bits per heavy atom. The van der Waals surface area contributed by atoms with Crippen LogP contribution in [0.3, 0.4) is 0 Å². The van der Waals surface area contributed by atoms with Crippen LogP contribution in [-0.4, -0.2) is 23.3 Å². The maximum Gasteiger partial charge on any atom is 0.244 e. The molecular formula is C24H25N3O3S. The van der Waals surface area contributed by atoms with Crippen LogP contribution in [-0.2, 0) is 22.6 Å². The number of benzene rings is 2. The highest BCUT2D eigenvalue weighted by molar-refractivity contribution is 7.09. The van der Waals surface area contributed by atoms with Gasteiger partial charge in [0, 0.05) is 22.7 Å². The van der Waals surface area contributed by atoms with Gasteiger partial charge in [0.25, 0.3) is 0 Å². The van der Waals surface area contributed by atoms with Crippen molar-refractivity contribution in [2.75, 3.05) is 11.9 Å². The maximum absolute atomic E-state index is 12.2. The predicted molar refractivity (Wildman–Crippen MR) is 124 cm³/mol. The van der Waals surface area contributed by atoms with Gasteiger partial charge in [-0.1, -0.05) is 43.3 Å². The first-order valence-corrected chi connectivity index (χ1v) is 10.9. The van der Waals surface area contributed by atoms with Gasteiger partial charge >= 0.3 is 0 Å². The average Bonchev–Trinajstić information content (AvgIpc) is 3.20. The zero-order valence-corrected chi connectivity index (χ0v) is 18.4. The Morgan fingerprint density at radius 1 is 1.13 bits per heavy atom. The molecule has 6 nitrogen and oxygen atoms in total. The summed E-state index contributed by atoms with van der Waals surface area (Å²) in [4.78, 5) is 28.7. The number of anilines is 1. The molecule has 3 aromatic rings. The molecule has 3 rings (SSSR count). The van der Waals surface area contributed by atoms with Crippen LogP contribution in [0, 0.1) is 6.92 Å². The quantitative estimate of drug-likeness (QED) is 0.490. The molecule has 2 N–H and O–H groups in total. The summed E-state index contributed by atoms with van der Waals surface area (Å²) < 4.78 is 5.85. The summed E-state index contributed by atoms with van der Waals surface area (Å²) in [5.41, 5.74) is 3.45. The van der Waals surface area contributed by atoms with E-state index < -0.39 is 0 Å². The lowest BCUT2D eigenvalue weighted by atomic mass is 10.1. The van der Waals surface area contributed by atoms with Crippen LogP contribution in [0.25, 0.3) is 6.08 Å². The second-order valence-corrected chi connectivity index (χ2v) is 7.86. The Morgan fingerprint density at radius 2 is 1.90 bits per heavy atom. The molecule has 0 aliphatic rings. The van der Waals surface area contributed by atoms with Gasteiger partial charge in [0.15, 0.2) is 0 Å². The average molecular weight is 436 g/mol. The number of hydrogen-bond acceptors (Lipinski definition) is 5. The van der Waals surface area contributed by atoms with Gasteiger partial charge in [-0.05, 0) is 37.1 Å². The number of thiazole rings is 1. The van der Waals surface area contributed by atoms with Gasteiger partial charge in [-0.2, -0.15) is 0 Å². The molecule has 2 aromatic carbocycles. The standard InChI is InChI=1S/C24H25N3O3S/c1-3-18-8-4-6-10-21(18)27-24(29)14-25-23(28)13-12-19-9-5-7-11-22(19)30-15-20-16-31-17(2)26-20/h4-13,16H,3,14-15H2,1-2H3,(H,25,28)(H,27,29)/b13-12+. The van der Waals surface area contributed by atoms with Crippen LogP contribution >= 0.6 is 11.3 Å². The Hall–Kier alpha value is -3.45. The molecule has 160 valence electrons. The predicted octanol–water partition coefficient (Wildman–Crippen LogP) is 4.36. The minimum Gasteiger partial charge on any atom is -0.487 e. The molecule has 0 saturated carbocycles. The molecule has 0 unspecified atom stereocenters. The smallest absolute Gasteiger partial charge is 0.244 e. The van der Waals surface area contributed by atoms with E-state index in [0.29, 0.717) is 12.4 Å². The number of nitrogens with one attached hydrogen (secondary N) is 2. The van der Waals surface area contributed by atoms with Crippen molar-refractivity contribution >= 4 is 34.9 Å². The number of carbonyl (C=O) groups excluding carboxylic acids is 2. The van der Waals surface area contributed by atoms with Crippen LogP contribution in [0.15, 0.2) is 60.0 Å². The van der Waals surface area contributed by atoms with Crippen LogP contribution in [0.2, 0.25) is 0 Å². The first-order valence-electron chi connectivity index (χ1n) is 10.0. The van der Waals surface area contributed by atoms with Gasteiger partial charge in [0.1, 0.15) is 12.4 Å². The van der Waals surface area contributed by atoms with Crippen LogP contribution < -0.4 is 15.4 Å². The lowest BCUT2D eigenvalue weighted by Crippen LogP contribution is -2.31. The largest absolute Gasteiger partial charge is 0.487 e. The van der Waals surface area contributed by atoms with E-state index in [4.69, 9.17) is 4.74 Å². The topological polar surface area (TPSA) is 80.3 Å². The van der Waals surface area contributed by atoms with E-state index in [0.717, 1.165) is 33.9 Å². The highest BCUT2D eigenvalue weighted by Crippen LogP contribution is 2.21. The van der Waals surface area contributed by atoms with E-state index in [2.05, 4.69) is 15.6 Å². The fraction of sp³-hybridized carbons (Fsp3) is 0.208. The molecule has 1 heterocycles. The van der Waals surface area contributed by atoms with E-state index in [1.165, 1.54) is 6.08 Å². The van der Waals surface area contributed by atoms with Crippen molar-refractivity contribution in [1.29, 1.82) is 0 Å². The number of carbonyl (C=O) groups is 2. The second-order valence-electron chi connectivity index (χ2n) is 6.79. The summed E-state index contributed by atoms with van der Waals surface area (Å²) in [6.07, 6.45) is 3.87. The van der Waals surface area contributed by atoms with Crippen molar-refractivity contribution in [1.82, 2.24) is 10.3 Å². The van der Waals surface area contributed by atoms with E-state index >= 15 is 0 Å². The van der Waals surface area contributed by atoms with E-state index in [9.17, 15) is 9.59 Å². The number of rotatable bonds is 9. The molecule has 0 fully saturated rings. The summed E-state index contributed by atoms with van der Waals surface area (Å²) in [7, 11) is 0. The van der Waals surface area contributed by atoms with Gasteiger partial charge in [-0.15, -0.1) is 11.3 Å². The zero-order chi connectivity index (χ0) is 22.1. The van der Waals surface area contributed by atoms with E-state index in [1.54, 1.807) is 17.4 Å². The molecule has 0 aliphatic carbocycles. The third-order valence-electron chi connectivity index (χ3n) is 4.47. The van der Waals surface area contributed by atoms with Gasteiger partial charge in [0.2, 0.25) is 11.8 Å².